The number of ether oxygens (including phenoxy) is 1. The fourth-order valence-electron chi connectivity index (χ4n) is 2.84. The number of hydrogen-bond donors (Lipinski definition) is 3. The molecular formula is C22H23N3O4S. The molecule has 3 aromatic rings. The van der Waals surface area contributed by atoms with Gasteiger partial charge >= 0.3 is 0 Å². The minimum Gasteiger partial charge on any atom is -0.494 e. The molecule has 0 atom stereocenters. The van der Waals surface area contributed by atoms with Crippen molar-refractivity contribution in [1.29, 1.82) is 0 Å². The number of rotatable bonds is 7. The number of amides is 2. The molecule has 0 bridgehead atoms. The van der Waals surface area contributed by atoms with Crippen LogP contribution in [-0.2, 0) is 4.79 Å². The molecule has 0 radical (unpaired) electrons. The van der Waals surface area contributed by atoms with E-state index in [1.807, 2.05) is 25.1 Å². The summed E-state index contributed by atoms with van der Waals surface area (Å²) in [6, 6.07) is 14.2. The number of benzene rings is 2. The number of unbranched alkanes of at least 4 members (excludes halogenated alkanes) is 1. The first-order valence-electron chi connectivity index (χ1n) is 9.59. The fraction of sp³-hybridized carbons (Fsp3) is 0.227. The first kappa shape index (κ1) is 21.3. The van der Waals surface area contributed by atoms with E-state index >= 15 is 0 Å². The predicted molar refractivity (Wildman–Crippen MR) is 121 cm³/mol. The van der Waals surface area contributed by atoms with Gasteiger partial charge in [0.05, 0.1) is 12.8 Å². The molecule has 0 saturated heterocycles. The normalized spacial score (nSPS) is 10.5. The van der Waals surface area contributed by atoms with Gasteiger partial charge in [-0.05, 0) is 42.9 Å². The van der Waals surface area contributed by atoms with Crippen molar-refractivity contribution in [2.75, 3.05) is 17.7 Å². The molecule has 0 aliphatic carbocycles. The molecule has 0 saturated carbocycles. The second-order valence-corrected chi connectivity index (χ2v) is 7.03. The van der Waals surface area contributed by atoms with E-state index in [1.165, 1.54) is 7.11 Å². The van der Waals surface area contributed by atoms with Crippen LogP contribution < -0.4 is 20.7 Å². The van der Waals surface area contributed by atoms with E-state index in [1.54, 1.807) is 30.3 Å². The van der Waals surface area contributed by atoms with Crippen molar-refractivity contribution in [3.05, 3.63) is 54.3 Å². The van der Waals surface area contributed by atoms with Crippen LogP contribution in [0.15, 0.2) is 52.9 Å². The molecule has 30 heavy (non-hydrogen) atoms. The molecule has 2 aromatic carbocycles. The maximum absolute atomic E-state index is 12.4. The minimum atomic E-state index is -0.449. The molecule has 3 rings (SSSR count). The molecule has 1 aromatic heterocycles. The van der Waals surface area contributed by atoms with Crippen LogP contribution in [0.25, 0.3) is 11.0 Å². The molecule has 0 fully saturated rings. The van der Waals surface area contributed by atoms with Gasteiger partial charge in [-0.3, -0.25) is 14.9 Å². The summed E-state index contributed by atoms with van der Waals surface area (Å²) in [5.74, 6) is 0.138. The van der Waals surface area contributed by atoms with Gasteiger partial charge in [0, 0.05) is 23.6 Å². The number of hydrogen-bond acceptors (Lipinski definition) is 5. The molecule has 8 heteroatoms. The van der Waals surface area contributed by atoms with E-state index < -0.39 is 5.91 Å². The largest absolute Gasteiger partial charge is 0.494 e. The summed E-state index contributed by atoms with van der Waals surface area (Å²) in [6.45, 7) is 2.03. The quantitative estimate of drug-likeness (QED) is 0.475. The first-order valence-corrected chi connectivity index (χ1v) is 9.99. The summed E-state index contributed by atoms with van der Waals surface area (Å²) in [6.07, 6.45) is 2.23. The number of furan rings is 1. The van der Waals surface area contributed by atoms with Crippen LogP contribution in [0.4, 0.5) is 11.4 Å². The Hall–Kier alpha value is -3.39. The van der Waals surface area contributed by atoms with Gasteiger partial charge in [-0.1, -0.05) is 31.5 Å². The van der Waals surface area contributed by atoms with E-state index in [4.69, 9.17) is 21.4 Å². The molecule has 1 heterocycles. The second-order valence-electron chi connectivity index (χ2n) is 6.62. The molecule has 3 N–H and O–H groups in total. The lowest BCUT2D eigenvalue weighted by Crippen LogP contribution is -2.33. The fourth-order valence-corrected chi connectivity index (χ4v) is 3.05. The molecule has 0 unspecified atom stereocenters. The van der Waals surface area contributed by atoms with Crippen LogP contribution in [0.2, 0.25) is 0 Å². The van der Waals surface area contributed by atoms with Crippen molar-refractivity contribution in [2.45, 2.75) is 26.2 Å². The van der Waals surface area contributed by atoms with Crippen LogP contribution in [0.5, 0.6) is 5.75 Å². The summed E-state index contributed by atoms with van der Waals surface area (Å²) in [5, 5.41) is 9.31. The number of carbonyl (C=O) groups excluding carboxylic acids is 2. The standard InChI is InChI=1S/C22H23N3O4S/c1-3-4-9-20(26)24-16-11-10-15(13-18(16)28-2)23-22(30)25-21(27)19-12-14-7-5-6-8-17(14)29-19/h5-8,10-13H,3-4,9H2,1-2H3,(H,24,26)(H2,23,25,27,30). The van der Waals surface area contributed by atoms with Gasteiger partial charge in [0.2, 0.25) is 5.91 Å². The highest BCUT2D eigenvalue weighted by atomic mass is 32.1. The van der Waals surface area contributed by atoms with Crippen molar-refractivity contribution in [3.8, 4) is 5.75 Å². The average Bonchev–Trinajstić information content (AvgIpc) is 3.17. The van der Waals surface area contributed by atoms with Crippen LogP contribution in [0.1, 0.15) is 36.7 Å². The van der Waals surface area contributed by atoms with Gasteiger partial charge in [0.15, 0.2) is 10.9 Å². The third-order valence-corrected chi connectivity index (χ3v) is 4.57. The maximum atomic E-state index is 12.4. The van der Waals surface area contributed by atoms with E-state index in [0.29, 0.717) is 29.1 Å². The molecule has 0 aliphatic heterocycles. The lowest BCUT2D eigenvalue weighted by atomic mass is 10.2. The highest BCUT2D eigenvalue weighted by molar-refractivity contribution is 7.80. The van der Waals surface area contributed by atoms with Gasteiger partial charge in [-0.25, -0.2) is 0 Å². The number of para-hydroxylation sites is 1. The van der Waals surface area contributed by atoms with E-state index in [0.717, 1.165) is 18.2 Å². The Morgan fingerprint density at radius 2 is 1.90 bits per heavy atom. The smallest absolute Gasteiger partial charge is 0.293 e. The first-order chi connectivity index (χ1) is 14.5. The van der Waals surface area contributed by atoms with Crippen LogP contribution >= 0.6 is 12.2 Å². The number of nitrogens with one attached hydrogen (secondary N) is 3. The maximum Gasteiger partial charge on any atom is 0.293 e. The Kier molecular flexibility index (Phi) is 7.03. The number of anilines is 2. The lowest BCUT2D eigenvalue weighted by Gasteiger charge is -2.13. The zero-order valence-electron chi connectivity index (χ0n) is 16.8. The number of thiocarbonyl (C=S) groups is 1. The SMILES string of the molecule is CCCCC(=O)Nc1ccc(NC(=S)NC(=O)c2cc3ccccc3o2)cc1OC. The summed E-state index contributed by atoms with van der Waals surface area (Å²) >= 11 is 5.23. The van der Waals surface area contributed by atoms with Gasteiger partial charge in [-0.2, -0.15) is 0 Å². The summed E-state index contributed by atoms with van der Waals surface area (Å²) in [7, 11) is 1.52. The third kappa shape index (κ3) is 5.36. The summed E-state index contributed by atoms with van der Waals surface area (Å²) < 4.78 is 10.9. The number of fused-ring (bicyclic) bond motifs is 1. The van der Waals surface area contributed by atoms with Gasteiger partial charge in [0.25, 0.3) is 5.91 Å². The minimum absolute atomic E-state index is 0.0653. The number of methoxy groups -OCH3 is 1. The van der Waals surface area contributed by atoms with Crippen LogP contribution in [-0.4, -0.2) is 24.0 Å². The zero-order valence-corrected chi connectivity index (χ0v) is 17.6. The molecule has 0 spiro atoms. The van der Waals surface area contributed by atoms with E-state index in [-0.39, 0.29) is 16.8 Å². The summed E-state index contributed by atoms with van der Waals surface area (Å²) in [5.41, 5.74) is 1.80. The van der Waals surface area contributed by atoms with E-state index in [2.05, 4.69) is 16.0 Å². The van der Waals surface area contributed by atoms with Crippen molar-refractivity contribution in [3.63, 3.8) is 0 Å². The Morgan fingerprint density at radius 3 is 2.63 bits per heavy atom. The molecule has 7 nitrogen and oxygen atoms in total. The van der Waals surface area contributed by atoms with Crippen molar-refractivity contribution < 1.29 is 18.7 Å². The topological polar surface area (TPSA) is 92.6 Å². The Morgan fingerprint density at radius 1 is 1.10 bits per heavy atom. The second kappa shape index (κ2) is 9.89. The Bertz CT molecular complexity index is 1040. The average molecular weight is 426 g/mol. The van der Waals surface area contributed by atoms with Gasteiger partial charge in [0.1, 0.15) is 11.3 Å². The van der Waals surface area contributed by atoms with Crippen LogP contribution in [0.3, 0.4) is 0 Å². The van der Waals surface area contributed by atoms with Crippen LogP contribution in [0, 0.1) is 0 Å². The molecule has 2 amide bonds. The predicted octanol–water partition coefficient (Wildman–Crippen LogP) is 4.70. The van der Waals surface area contributed by atoms with Crippen molar-refractivity contribution in [2.24, 2.45) is 0 Å². The van der Waals surface area contributed by atoms with Crippen molar-refractivity contribution >= 4 is 51.5 Å². The molecular weight excluding hydrogens is 402 g/mol. The number of carbonyl (C=O) groups is 2. The molecule has 156 valence electrons. The highest BCUT2D eigenvalue weighted by Crippen LogP contribution is 2.28. The lowest BCUT2D eigenvalue weighted by molar-refractivity contribution is -0.116. The van der Waals surface area contributed by atoms with Gasteiger partial charge in [-0.15, -0.1) is 0 Å². The monoisotopic (exact) mass is 425 g/mol. The van der Waals surface area contributed by atoms with Gasteiger partial charge < -0.3 is 19.8 Å². The summed E-state index contributed by atoms with van der Waals surface area (Å²) in [4.78, 5) is 24.4. The third-order valence-electron chi connectivity index (χ3n) is 4.37. The Labute approximate surface area is 179 Å². The zero-order chi connectivity index (χ0) is 21.5. The van der Waals surface area contributed by atoms with Crippen molar-refractivity contribution in [1.82, 2.24) is 5.32 Å². The van der Waals surface area contributed by atoms with E-state index in [9.17, 15) is 9.59 Å². The molecule has 0 aliphatic rings. The Balaban J connectivity index is 1.62. The highest BCUT2D eigenvalue weighted by Gasteiger charge is 2.14.